The lowest BCUT2D eigenvalue weighted by Gasteiger charge is -2.22. The van der Waals surface area contributed by atoms with E-state index in [0.717, 1.165) is 6.42 Å². The summed E-state index contributed by atoms with van der Waals surface area (Å²) in [5.41, 5.74) is 0.233. The van der Waals surface area contributed by atoms with E-state index in [0.29, 0.717) is 6.42 Å². The minimum atomic E-state index is -1.37. The van der Waals surface area contributed by atoms with Crippen molar-refractivity contribution in [2.45, 2.75) is 37.6 Å². The van der Waals surface area contributed by atoms with Crippen molar-refractivity contribution < 1.29 is 19.5 Å². The number of hydrogen-bond donors (Lipinski definition) is 0. The number of carbonyl (C=O) groups excluding carboxylic acids is 3. The topological polar surface area (TPSA) is 86.6 Å². The third kappa shape index (κ3) is 3.09. The zero-order chi connectivity index (χ0) is 16.3. The average Bonchev–Trinajstić information content (AvgIpc) is 2.52. The summed E-state index contributed by atoms with van der Waals surface area (Å²) in [6.07, 6.45) is 1.66. The van der Waals surface area contributed by atoms with Crippen LogP contribution in [0.2, 0.25) is 0 Å². The summed E-state index contributed by atoms with van der Waals surface area (Å²) in [5.74, 6) is -2.31. The lowest BCUT2D eigenvalue weighted by Crippen LogP contribution is -2.41. The Hall–Kier alpha value is -2.01. The van der Waals surface area contributed by atoms with Crippen molar-refractivity contribution >= 4 is 34.8 Å². The number of Topliss-reactive ketones (excluding diaryl/α,β-unsaturated/α-hetero) is 2. The number of unbranched alkanes of at least 4 members (excludes halogenated alkanes) is 1. The Balaban J connectivity index is 2.42. The molecule has 0 saturated heterocycles. The smallest absolute Gasteiger partial charge is 0.209 e. The van der Waals surface area contributed by atoms with E-state index in [-0.39, 0.29) is 23.3 Å². The highest BCUT2D eigenvalue weighted by molar-refractivity contribution is 6.64. The zero-order valence-corrected chi connectivity index (χ0v) is 12.8. The fourth-order valence-corrected chi connectivity index (χ4v) is 2.61. The molecule has 0 fully saturated rings. The maximum atomic E-state index is 12.4. The predicted octanol–water partition coefficient (Wildman–Crippen LogP) is 1.42. The molecule has 0 radical (unpaired) electrons. The molecule has 0 saturated carbocycles. The SMILES string of the molecule is CCCC[C@@H](N=C1C(=O)c2ccccc2C(=O)C1Cl)C(=O)[O-]. The number of nitrogens with zero attached hydrogens (tertiary/aromatic N) is 1. The second kappa shape index (κ2) is 6.83. The van der Waals surface area contributed by atoms with Gasteiger partial charge in [-0.25, -0.2) is 0 Å². The summed E-state index contributed by atoms with van der Waals surface area (Å²) in [5, 5.41) is 9.90. The summed E-state index contributed by atoms with van der Waals surface area (Å²) >= 11 is 6.02. The van der Waals surface area contributed by atoms with Crippen LogP contribution in [0.15, 0.2) is 29.3 Å². The molecule has 1 aliphatic carbocycles. The molecule has 116 valence electrons. The molecular weight excluding hydrogens is 306 g/mol. The van der Waals surface area contributed by atoms with Crippen LogP contribution in [-0.2, 0) is 4.79 Å². The lowest BCUT2D eigenvalue weighted by atomic mass is 9.87. The molecule has 2 rings (SSSR count). The molecule has 1 aromatic carbocycles. The van der Waals surface area contributed by atoms with Crippen molar-refractivity contribution in [3.05, 3.63) is 35.4 Å². The summed E-state index contributed by atoms with van der Waals surface area (Å²) in [6, 6.07) is 5.13. The molecule has 1 aromatic rings. The first-order chi connectivity index (χ1) is 10.5. The first kappa shape index (κ1) is 16.4. The van der Waals surface area contributed by atoms with Crippen LogP contribution in [0.1, 0.15) is 46.9 Å². The van der Waals surface area contributed by atoms with Crippen LogP contribution in [0.4, 0.5) is 0 Å². The normalized spacial score (nSPS) is 20.8. The first-order valence-corrected chi connectivity index (χ1v) is 7.51. The van der Waals surface area contributed by atoms with Gasteiger partial charge in [0, 0.05) is 11.1 Å². The Morgan fingerprint density at radius 3 is 2.55 bits per heavy atom. The van der Waals surface area contributed by atoms with Crippen molar-refractivity contribution in [3.8, 4) is 0 Å². The highest BCUT2D eigenvalue weighted by atomic mass is 35.5. The molecule has 0 bridgehead atoms. The van der Waals surface area contributed by atoms with E-state index in [1.54, 1.807) is 12.1 Å². The molecule has 0 aliphatic heterocycles. The Morgan fingerprint density at radius 2 is 1.95 bits per heavy atom. The highest BCUT2D eigenvalue weighted by Gasteiger charge is 2.37. The van der Waals surface area contributed by atoms with Crippen LogP contribution in [0.5, 0.6) is 0 Å². The van der Waals surface area contributed by atoms with Gasteiger partial charge in [0.25, 0.3) is 0 Å². The largest absolute Gasteiger partial charge is 0.548 e. The summed E-state index contributed by atoms with van der Waals surface area (Å²) in [7, 11) is 0. The minimum Gasteiger partial charge on any atom is -0.548 e. The number of ketones is 2. The van der Waals surface area contributed by atoms with E-state index < -0.39 is 29.0 Å². The number of halogens is 1. The maximum Gasteiger partial charge on any atom is 0.209 e. The monoisotopic (exact) mass is 320 g/mol. The third-order valence-corrected chi connectivity index (χ3v) is 3.94. The van der Waals surface area contributed by atoms with Gasteiger partial charge in [-0.3, -0.25) is 14.6 Å². The number of fused-ring (bicyclic) bond motifs is 1. The van der Waals surface area contributed by atoms with Gasteiger partial charge in [0.05, 0.1) is 12.0 Å². The van der Waals surface area contributed by atoms with E-state index in [4.69, 9.17) is 11.6 Å². The molecule has 0 aromatic heterocycles. The summed E-state index contributed by atoms with van der Waals surface area (Å²) in [6.45, 7) is 1.91. The van der Waals surface area contributed by atoms with E-state index in [1.165, 1.54) is 12.1 Å². The molecule has 22 heavy (non-hydrogen) atoms. The quantitative estimate of drug-likeness (QED) is 0.768. The number of benzene rings is 1. The van der Waals surface area contributed by atoms with Crippen molar-refractivity contribution in [1.29, 1.82) is 0 Å². The average molecular weight is 321 g/mol. The van der Waals surface area contributed by atoms with Gasteiger partial charge in [0.15, 0.2) is 5.78 Å². The molecule has 0 heterocycles. The van der Waals surface area contributed by atoms with Crippen LogP contribution in [0, 0.1) is 0 Å². The van der Waals surface area contributed by atoms with E-state index in [9.17, 15) is 19.5 Å². The van der Waals surface area contributed by atoms with Gasteiger partial charge in [-0.15, -0.1) is 11.6 Å². The Bertz CT molecular complexity index is 653. The number of alkyl halides is 1. The lowest BCUT2D eigenvalue weighted by molar-refractivity contribution is -0.307. The van der Waals surface area contributed by atoms with Crippen LogP contribution in [0.25, 0.3) is 0 Å². The molecule has 6 heteroatoms. The van der Waals surface area contributed by atoms with Crippen LogP contribution in [0.3, 0.4) is 0 Å². The fraction of sp³-hybridized carbons (Fsp3) is 0.375. The second-order valence-electron chi connectivity index (χ2n) is 5.09. The fourth-order valence-electron chi connectivity index (χ4n) is 2.33. The van der Waals surface area contributed by atoms with Gasteiger partial charge in [0.2, 0.25) is 5.78 Å². The van der Waals surface area contributed by atoms with Crippen LogP contribution in [-0.4, -0.2) is 34.7 Å². The standard InChI is InChI=1S/C16H16ClNO4/c1-2-3-8-11(16(21)22)18-13-12(17)14(19)9-6-4-5-7-10(9)15(13)20/h4-7,11-12H,2-3,8H2,1H3,(H,21,22)/p-1/t11-,12?/m1/s1. The van der Waals surface area contributed by atoms with Gasteiger partial charge in [0.1, 0.15) is 11.1 Å². The Labute approximate surface area is 133 Å². The molecule has 2 atom stereocenters. The Kier molecular flexibility index (Phi) is 5.08. The molecule has 0 N–H and O–H groups in total. The van der Waals surface area contributed by atoms with Crippen molar-refractivity contribution in [2.24, 2.45) is 4.99 Å². The van der Waals surface area contributed by atoms with Crippen LogP contribution < -0.4 is 5.11 Å². The highest BCUT2D eigenvalue weighted by Crippen LogP contribution is 2.24. The van der Waals surface area contributed by atoms with Gasteiger partial charge in [-0.2, -0.15) is 0 Å². The second-order valence-corrected chi connectivity index (χ2v) is 5.53. The van der Waals surface area contributed by atoms with Gasteiger partial charge in [-0.05, 0) is 6.42 Å². The molecular formula is C16H15ClNO4-. The molecule has 1 aliphatic rings. The van der Waals surface area contributed by atoms with E-state index in [1.807, 2.05) is 6.92 Å². The van der Waals surface area contributed by atoms with E-state index in [2.05, 4.69) is 4.99 Å². The first-order valence-electron chi connectivity index (χ1n) is 7.08. The summed E-state index contributed by atoms with van der Waals surface area (Å²) in [4.78, 5) is 39.7. The summed E-state index contributed by atoms with van der Waals surface area (Å²) < 4.78 is 0. The third-order valence-electron chi connectivity index (χ3n) is 3.54. The van der Waals surface area contributed by atoms with Crippen LogP contribution >= 0.6 is 11.6 Å². The van der Waals surface area contributed by atoms with Crippen molar-refractivity contribution in [3.63, 3.8) is 0 Å². The number of carboxylic acid groups (broad SMARTS) is 1. The van der Waals surface area contributed by atoms with Gasteiger partial charge >= 0.3 is 0 Å². The molecule has 1 unspecified atom stereocenters. The molecule has 5 nitrogen and oxygen atoms in total. The van der Waals surface area contributed by atoms with Crippen molar-refractivity contribution in [2.75, 3.05) is 0 Å². The zero-order valence-electron chi connectivity index (χ0n) is 12.0. The number of aliphatic imine (C=N–C) groups is 1. The molecule has 0 spiro atoms. The van der Waals surface area contributed by atoms with Crippen molar-refractivity contribution in [1.82, 2.24) is 0 Å². The number of carboxylic acids is 1. The number of carbonyl (C=O) groups is 3. The minimum absolute atomic E-state index is 0.204. The maximum absolute atomic E-state index is 12.4. The number of rotatable bonds is 5. The Morgan fingerprint density at radius 1 is 1.32 bits per heavy atom. The van der Waals surface area contributed by atoms with E-state index >= 15 is 0 Å². The van der Waals surface area contributed by atoms with Gasteiger partial charge in [-0.1, -0.05) is 44.0 Å². The number of hydrogen-bond acceptors (Lipinski definition) is 5. The number of aliphatic carboxylic acids is 1. The molecule has 0 amide bonds. The van der Waals surface area contributed by atoms with Gasteiger partial charge < -0.3 is 9.90 Å². The predicted molar refractivity (Wildman–Crippen MR) is 80.5 cm³/mol.